The highest BCUT2D eigenvalue weighted by atomic mass is 32.2. The number of benzene rings is 2. The minimum absolute atomic E-state index is 0.00665. The third kappa shape index (κ3) is 5.82. The van der Waals surface area contributed by atoms with Gasteiger partial charge in [0.25, 0.3) is 0 Å². The second kappa shape index (κ2) is 10.1. The van der Waals surface area contributed by atoms with E-state index < -0.39 is 15.9 Å². The summed E-state index contributed by atoms with van der Waals surface area (Å²) in [7, 11) is -0.854. The van der Waals surface area contributed by atoms with E-state index in [-0.39, 0.29) is 10.6 Å². The molecule has 7 nitrogen and oxygen atoms in total. The average Bonchev–Trinajstić information content (AvgIpc) is 2.68. The highest BCUT2D eigenvalue weighted by Gasteiger charge is 2.23. The third-order valence-electron chi connectivity index (χ3n) is 3.90. The van der Waals surface area contributed by atoms with Crippen LogP contribution in [0.15, 0.2) is 53.4 Å². The molecule has 1 amide bonds. The van der Waals surface area contributed by atoms with Gasteiger partial charge in [-0.1, -0.05) is 18.2 Å². The van der Waals surface area contributed by atoms with Crippen molar-refractivity contribution in [3.8, 4) is 11.5 Å². The first-order chi connectivity index (χ1) is 13.8. The van der Waals surface area contributed by atoms with Gasteiger partial charge >= 0.3 is 0 Å². The fourth-order valence-electron chi connectivity index (χ4n) is 2.51. The number of anilines is 1. The molecule has 0 radical (unpaired) electrons. The van der Waals surface area contributed by atoms with Gasteiger partial charge in [0.15, 0.2) is 0 Å². The number of hydrogen-bond donors (Lipinski definition) is 1. The summed E-state index contributed by atoms with van der Waals surface area (Å²) in [5, 5.41) is 2.68. The molecule has 0 aliphatic rings. The molecule has 0 atom stereocenters. The van der Waals surface area contributed by atoms with Crippen molar-refractivity contribution in [2.75, 3.05) is 32.6 Å². The van der Waals surface area contributed by atoms with Gasteiger partial charge in [-0.15, -0.1) is 0 Å². The van der Waals surface area contributed by atoms with E-state index in [1.807, 2.05) is 31.2 Å². The lowest BCUT2D eigenvalue weighted by Crippen LogP contribution is -2.23. The molecule has 0 aliphatic carbocycles. The van der Waals surface area contributed by atoms with Gasteiger partial charge in [-0.25, -0.2) is 12.7 Å². The molecule has 0 heterocycles. The van der Waals surface area contributed by atoms with Crippen LogP contribution >= 0.6 is 0 Å². The molecule has 0 bridgehead atoms. The number of amides is 1. The van der Waals surface area contributed by atoms with Crippen molar-refractivity contribution in [2.45, 2.75) is 18.7 Å². The smallest absolute Gasteiger partial charge is 0.248 e. The van der Waals surface area contributed by atoms with Crippen molar-refractivity contribution in [3.63, 3.8) is 0 Å². The second-order valence-corrected chi connectivity index (χ2v) is 8.30. The largest absolute Gasteiger partial charge is 0.493 e. The number of nitrogens with zero attached hydrogens (tertiary/aromatic N) is 1. The first-order valence-corrected chi connectivity index (χ1v) is 10.6. The van der Waals surface area contributed by atoms with Crippen LogP contribution in [-0.2, 0) is 14.8 Å². The molecule has 2 aromatic rings. The maximum absolute atomic E-state index is 12.6. The number of para-hydroxylation sites is 1. The number of nitrogens with one attached hydrogen (secondary N) is 1. The molecule has 2 aromatic carbocycles. The first kappa shape index (κ1) is 22.4. The molecule has 8 heteroatoms. The molecular weight excluding hydrogens is 392 g/mol. The molecule has 0 spiro atoms. The van der Waals surface area contributed by atoms with Gasteiger partial charge in [-0.05, 0) is 44.2 Å². The Balaban J connectivity index is 2.25. The Kier molecular flexibility index (Phi) is 7.81. The number of carbonyl (C=O) groups is 1. The predicted molar refractivity (Wildman–Crippen MR) is 114 cm³/mol. The molecule has 29 heavy (non-hydrogen) atoms. The quantitative estimate of drug-likeness (QED) is 0.631. The summed E-state index contributed by atoms with van der Waals surface area (Å²) in [6, 6.07) is 11.9. The highest BCUT2D eigenvalue weighted by Crippen LogP contribution is 2.29. The maximum atomic E-state index is 12.6. The van der Waals surface area contributed by atoms with Crippen LogP contribution < -0.4 is 14.8 Å². The van der Waals surface area contributed by atoms with E-state index in [0.29, 0.717) is 24.7 Å². The van der Waals surface area contributed by atoms with Gasteiger partial charge in [0, 0.05) is 31.4 Å². The second-order valence-electron chi connectivity index (χ2n) is 6.18. The zero-order valence-electron chi connectivity index (χ0n) is 17.0. The molecule has 0 aromatic heterocycles. The van der Waals surface area contributed by atoms with Crippen molar-refractivity contribution in [1.82, 2.24) is 4.31 Å². The van der Waals surface area contributed by atoms with Crippen LogP contribution in [0.3, 0.4) is 0 Å². The maximum Gasteiger partial charge on any atom is 0.248 e. The molecule has 1 N–H and O–H groups in total. The van der Waals surface area contributed by atoms with Gasteiger partial charge < -0.3 is 14.8 Å². The molecular formula is C21H26N2O5S. The third-order valence-corrected chi connectivity index (χ3v) is 5.74. The van der Waals surface area contributed by atoms with E-state index in [4.69, 9.17) is 9.47 Å². The van der Waals surface area contributed by atoms with Crippen molar-refractivity contribution in [3.05, 3.63) is 54.1 Å². The zero-order chi connectivity index (χ0) is 21.4. The Morgan fingerprint density at radius 3 is 2.34 bits per heavy atom. The summed E-state index contributed by atoms with van der Waals surface area (Å²) < 4.78 is 37.2. The molecule has 2 rings (SSSR count). The monoisotopic (exact) mass is 418 g/mol. The number of ether oxygens (including phenoxy) is 2. The Morgan fingerprint density at radius 2 is 1.69 bits per heavy atom. The summed E-state index contributed by atoms with van der Waals surface area (Å²) in [6.45, 7) is 4.50. The molecule has 156 valence electrons. The topological polar surface area (TPSA) is 84.9 Å². The van der Waals surface area contributed by atoms with Crippen LogP contribution in [0, 0.1) is 0 Å². The number of hydrogen-bond acceptors (Lipinski definition) is 5. The number of carbonyl (C=O) groups excluding carboxylic acids is 1. The molecule has 0 fully saturated rings. The fourth-order valence-corrected chi connectivity index (χ4v) is 3.56. The first-order valence-electron chi connectivity index (χ1n) is 9.19. The van der Waals surface area contributed by atoms with E-state index in [1.165, 1.54) is 32.3 Å². The summed E-state index contributed by atoms with van der Waals surface area (Å²) >= 11 is 0. The lowest BCUT2D eigenvalue weighted by atomic mass is 10.2. The van der Waals surface area contributed by atoms with Crippen LogP contribution in [0.2, 0.25) is 0 Å². The van der Waals surface area contributed by atoms with Crippen molar-refractivity contribution >= 4 is 27.7 Å². The van der Waals surface area contributed by atoms with Crippen LogP contribution in [0.1, 0.15) is 19.4 Å². The SMILES string of the molecule is CCOc1ccccc1/C=C/C(=O)Nc1ccc(OCC)c(S(=O)(=O)N(C)C)c1. The highest BCUT2D eigenvalue weighted by molar-refractivity contribution is 7.89. The van der Waals surface area contributed by atoms with Gasteiger partial charge in [-0.3, -0.25) is 4.79 Å². The van der Waals surface area contributed by atoms with Crippen molar-refractivity contribution < 1.29 is 22.7 Å². The van der Waals surface area contributed by atoms with Gasteiger partial charge in [-0.2, -0.15) is 0 Å². The van der Waals surface area contributed by atoms with Crippen molar-refractivity contribution in [2.24, 2.45) is 0 Å². The van der Waals surface area contributed by atoms with Crippen molar-refractivity contribution in [1.29, 1.82) is 0 Å². The van der Waals surface area contributed by atoms with Gasteiger partial charge in [0.1, 0.15) is 16.4 Å². The van der Waals surface area contributed by atoms with Gasteiger partial charge in [0.05, 0.1) is 13.2 Å². The summed E-state index contributed by atoms with van der Waals surface area (Å²) in [5.41, 5.74) is 1.12. The Morgan fingerprint density at radius 1 is 1.03 bits per heavy atom. The Labute approximate surface area is 172 Å². The van der Waals surface area contributed by atoms with Gasteiger partial charge in [0.2, 0.25) is 15.9 Å². The predicted octanol–water partition coefficient (Wildman–Crippen LogP) is 3.39. The summed E-state index contributed by atoms with van der Waals surface area (Å²) in [6.07, 6.45) is 3.01. The molecule has 0 unspecified atom stereocenters. The Hall–Kier alpha value is -2.84. The molecule has 0 saturated heterocycles. The van der Waals surface area contributed by atoms with E-state index >= 15 is 0 Å². The van der Waals surface area contributed by atoms with Crippen LogP contribution in [-0.4, -0.2) is 45.9 Å². The normalized spacial score (nSPS) is 11.6. The fraction of sp³-hybridized carbons (Fsp3) is 0.286. The lowest BCUT2D eigenvalue weighted by molar-refractivity contribution is -0.111. The summed E-state index contributed by atoms with van der Waals surface area (Å²) in [4.78, 5) is 12.3. The minimum Gasteiger partial charge on any atom is -0.493 e. The van der Waals surface area contributed by atoms with E-state index in [2.05, 4.69) is 5.32 Å². The lowest BCUT2D eigenvalue weighted by Gasteiger charge is -2.16. The molecule has 0 saturated carbocycles. The number of sulfonamides is 1. The van der Waals surface area contributed by atoms with E-state index in [0.717, 1.165) is 9.87 Å². The van der Waals surface area contributed by atoms with Crippen LogP contribution in [0.25, 0.3) is 6.08 Å². The average molecular weight is 419 g/mol. The number of rotatable bonds is 9. The summed E-state index contributed by atoms with van der Waals surface area (Å²) in [5.74, 6) is 0.522. The van der Waals surface area contributed by atoms with E-state index in [9.17, 15) is 13.2 Å². The standard InChI is InChI=1S/C21H26N2O5S/c1-5-27-18-10-8-7-9-16(18)11-14-21(24)22-17-12-13-19(28-6-2)20(15-17)29(25,26)23(3)4/h7-15H,5-6H2,1-4H3,(H,22,24)/b14-11+. The van der Waals surface area contributed by atoms with Crippen LogP contribution in [0.4, 0.5) is 5.69 Å². The van der Waals surface area contributed by atoms with Crippen LogP contribution in [0.5, 0.6) is 11.5 Å². The zero-order valence-corrected chi connectivity index (χ0v) is 17.8. The minimum atomic E-state index is -3.73. The Bertz CT molecular complexity index is 984. The van der Waals surface area contributed by atoms with E-state index in [1.54, 1.807) is 19.1 Å². The molecule has 0 aliphatic heterocycles.